The van der Waals surface area contributed by atoms with Gasteiger partial charge in [-0.25, -0.2) is 4.79 Å². The van der Waals surface area contributed by atoms with E-state index in [1.807, 2.05) is 30.3 Å². The molecule has 168 valence electrons. The minimum Gasteiger partial charge on any atom is -0.389 e. The van der Waals surface area contributed by atoms with Gasteiger partial charge in [-0.3, -0.25) is 0 Å². The summed E-state index contributed by atoms with van der Waals surface area (Å²) in [5.41, 5.74) is -3.73. The van der Waals surface area contributed by atoms with E-state index in [0.717, 1.165) is 5.56 Å². The predicted octanol–water partition coefficient (Wildman–Crippen LogP) is 5.33. The third kappa shape index (κ3) is 5.90. The molecule has 0 aliphatic carbocycles. The van der Waals surface area contributed by atoms with Crippen LogP contribution in [0.25, 0.3) is 0 Å². The van der Waals surface area contributed by atoms with Gasteiger partial charge in [0.1, 0.15) is 0 Å². The SMILES string of the molecule is O=C(Nc1cc(C(F)(F)F)cc(C(F)(F)F)c1)N1CCC(O)(Cc2ccccc2)CC1. The van der Waals surface area contributed by atoms with Gasteiger partial charge >= 0.3 is 18.4 Å². The first-order valence-corrected chi connectivity index (χ1v) is 9.47. The molecule has 2 amide bonds. The van der Waals surface area contributed by atoms with Crippen LogP contribution in [0.3, 0.4) is 0 Å². The summed E-state index contributed by atoms with van der Waals surface area (Å²) in [7, 11) is 0. The monoisotopic (exact) mass is 446 g/mol. The highest BCUT2D eigenvalue weighted by Crippen LogP contribution is 2.37. The topological polar surface area (TPSA) is 52.6 Å². The lowest BCUT2D eigenvalue weighted by molar-refractivity contribution is -0.143. The Labute approximate surface area is 174 Å². The Bertz CT molecular complexity index is 887. The van der Waals surface area contributed by atoms with E-state index in [1.54, 1.807) is 0 Å². The first kappa shape index (κ1) is 22.9. The van der Waals surface area contributed by atoms with Crippen molar-refractivity contribution < 1.29 is 36.2 Å². The lowest BCUT2D eigenvalue weighted by Gasteiger charge is -2.38. The number of hydrogen-bond donors (Lipinski definition) is 2. The Balaban J connectivity index is 1.68. The van der Waals surface area contributed by atoms with Crippen molar-refractivity contribution in [3.05, 3.63) is 65.2 Å². The quantitative estimate of drug-likeness (QED) is 0.627. The summed E-state index contributed by atoms with van der Waals surface area (Å²) in [6.45, 7) is 0.223. The van der Waals surface area contributed by atoms with E-state index < -0.39 is 40.8 Å². The first-order chi connectivity index (χ1) is 14.4. The van der Waals surface area contributed by atoms with E-state index >= 15 is 0 Å². The fourth-order valence-electron chi connectivity index (χ4n) is 3.51. The number of hydrogen-bond acceptors (Lipinski definition) is 2. The molecular weight excluding hydrogens is 426 g/mol. The van der Waals surface area contributed by atoms with E-state index in [4.69, 9.17) is 0 Å². The van der Waals surface area contributed by atoms with Crippen molar-refractivity contribution in [2.75, 3.05) is 18.4 Å². The molecule has 4 nitrogen and oxygen atoms in total. The zero-order valence-corrected chi connectivity index (χ0v) is 16.2. The maximum Gasteiger partial charge on any atom is 0.416 e. The Morgan fingerprint density at radius 2 is 1.45 bits per heavy atom. The molecule has 3 rings (SSSR count). The predicted molar refractivity (Wildman–Crippen MR) is 101 cm³/mol. The normalized spacial score (nSPS) is 16.8. The highest BCUT2D eigenvalue weighted by Gasteiger charge is 2.38. The van der Waals surface area contributed by atoms with Gasteiger partial charge in [0.05, 0.1) is 16.7 Å². The van der Waals surface area contributed by atoms with Crippen molar-refractivity contribution in [1.29, 1.82) is 0 Å². The number of halogens is 6. The van der Waals surface area contributed by atoms with Crippen molar-refractivity contribution in [2.24, 2.45) is 0 Å². The fourth-order valence-corrected chi connectivity index (χ4v) is 3.51. The summed E-state index contributed by atoms with van der Waals surface area (Å²) < 4.78 is 77.8. The fraction of sp³-hybridized carbons (Fsp3) is 0.381. The molecule has 1 fully saturated rings. The molecule has 1 aliphatic heterocycles. The van der Waals surface area contributed by atoms with Gasteiger partial charge in [-0.2, -0.15) is 26.3 Å². The summed E-state index contributed by atoms with van der Waals surface area (Å²) in [5.74, 6) is 0. The van der Waals surface area contributed by atoms with Crippen molar-refractivity contribution in [3.8, 4) is 0 Å². The van der Waals surface area contributed by atoms with Gasteiger partial charge in [-0.1, -0.05) is 30.3 Å². The first-order valence-electron chi connectivity index (χ1n) is 9.47. The number of anilines is 1. The lowest BCUT2D eigenvalue weighted by atomic mass is 9.85. The van der Waals surface area contributed by atoms with Crippen LogP contribution in [0.15, 0.2) is 48.5 Å². The maximum atomic E-state index is 13.0. The van der Waals surface area contributed by atoms with Crippen molar-refractivity contribution in [3.63, 3.8) is 0 Å². The van der Waals surface area contributed by atoms with Gasteiger partial charge in [0.15, 0.2) is 0 Å². The highest BCUT2D eigenvalue weighted by atomic mass is 19.4. The van der Waals surface area contributed by atoms with Crippen molar-refractivity contribution in [2.45, 2.75) is 37.2 Å². The Morgan fingerprint density at radius 1 is 0.935 bits per heavy atom. The third-order valence-electron chi connectivity index (χ3n) is 5.20. The molecule has 0 aromatic heterocycles. The Morgan fingerprint density at radius 3 is 1.94 bits per heavy atom. The second kappa shape index (κ2) is 8.41. The number of carbonyl (C=O) groups excluding carboxylic acids is 1. The number of piperidine rings is 1. The number of benzene rings is 2. The minimum atomic E-state index is -5.00. The van der Waals surface area contributed by atoms with Crippen LogP contribution in [0.2, 0.25) is 0 Å². The molecule has 0 spiro atoms. The average Bonchev–Trinajstić information content (AvgIpc) is 2.67. The number of aliphatic hydroxyl groups is 1. The van der Waals surface area contributed by atoms with Gasteiger partial charge in [-0.05, 0) is 36.6 Å². The molecule has 1 aliphatic rings. The van der Waals surface area contributed by atoms with Crippen molar-refractivity contribution in [1.82, 2.24) is 4.90 Å². The molecule has 2 aromatic carbocycles. The van der Waals surface area contributed by atoms with Crippen LogP contribution in [-0.4, -0.2) is 34.7 Å². The van der Waals surface area contributed by atoms with Crippen LogP contribution in [-0.2, 0) is 18.8 Å². The van der Waals surface area contributed by atoms with Gasteiger partial charge in [0.2, 0.25) is 0 Å². The van der Waals surface area contributed by atoms with Gasteiger partial charge in [0, 0.05) is 25.2 Å². The molecule has 0 bridgehead atoms. The van der Waals surface area contributed by atoms with E-state index in [1.165, 1.54) is 4.90 Å². The van der Waals surface area contributed by atoms with E-state index in [9.17, 15) is 36.2 Å². The third-order valence-corrected chi connectivity index (χ3v) is 5.20. The molecule has 2 aromatic rings. The molecule has 10 heteroatoms. The van der Waals surface area contributed by atoms with E-state index in [0.29, 0.717) is 18.6 Å². The van der Waals surface area contributed by atoms with Crippen LogP contribution in [0.4, 0.5) is 36.8 Å². The van der Waals surface area contributed by atoms with Gasteiger partial charge in [-0.15, -0.1) is 0 Å². The summed E-state index contributed by atoms with van der Waals surface area (Å²) in [4.78, 5) is 13.7. The van der Waals surface area contributed by atoms with Crippen LogP contribution in [0.1, 0.15) is 29.5 Å². The van der Waals surface area contributed by atoms with Crippen LogP contribution >= 0.6 is 0 Å². The number of rotatable bonds is 3. The van der Waals surface area contributed by atoms with Gasteiger partial charge < -0.3 is 15.3 Å². The highest BCUT2D eigenvalue weighted by molar-refractivity contribution is 5.89. The Hall–Kier alpha value is -2.75. The summed E-state index contributed by atoms with van der Waals surface area (Å²) in [6, 6.07) is 9.35. The van der Waals surface area contributed by atoms with Crippen LogP contribution in [0, 0.1) is 0 Å². The Kier molecular flexibility index (Phi) is 6.22. The number of nitrogens with one attached hydrogen (secondary N) is 1. The summed E-state index contributed by atoms with van der Waals surface area (Å²) >= 11 is 0. The molecule has 31 heavy (non-hydrogen) atoms. The lowest BCUT2D eigenvalue weighted by Crippen LogP contribution is -2.49. The standard InChI is InChI=1S/C21H20F6N2O2/c22-20(23,24)15-10-16(21(25,26)27)12-17(11-15)28-18(30)29-8-6-19(31,7-9-29)13-14-4-2-1-3-5-14/h1-5,10-12,31H,6-9,13H2,(H,28,30). The number of likely N-dealkylation sites (tertiary alicyclic amines) is 1. The maximum absolute atomic E-state index is 13.0. The smallest absolute Gasteiger partial charge is 0.389 e. The second-order valence-electron chi connectivity index (χ2n) is 7.60. The van der Waals surface area contributed by atoms with Crippen LogP contribution < -0.4 is 5.32 Å². The van der Waals surface area contributed by atoms with Crippen LogP contribution in [0.5, 0.6) is 0 Å². The molecule has 0 saturated carbocycles. The molecular formula is C21H20F6N2O2. The molecule has 0 atom stereocenters. The zero-order valence-electron chi connectivity index (χ0n) is 16.2. The number of alkyl halides is 6. The molecule has 2 N–H and O–H groups in total. The molecule has 1 saturated heterocycles. The average molecular weight is 446 g/mol. The number of amides is 2. The zero-order chi connectivity index (χ0) is 22.9. The molecule has 0 radical (unpaired) electrons. The van der Waals surface area contributed by atoms with Gasteiger partial charge in [0.25, 0.3) is 0 Å². The number of nitrogens with zero attached hydrogens (tertiary/aromatic N) is 1. The second-order valence-corrected chi connectivity index (χ2v) is 7.60. The minimum absolute atomic E-state index is 0.000245. The molecule has 0 unspecified atom stereocenters. The number of carbonyl (C=O) groups is 1. The molecule has 1 heterocycles. The summed E-state index contributed by atoms with van der Waals surface area (Å²) in [5, 5.41) is 12.9. The van der Waals surface area contributed by atoms with E-state index in [2.05, 4.69) is 5.32 Å². The number of urea groups is 1. The van der Waals surface area contributed by atoms with E-state index in [-0.39, 0.29) is 32.0 Å². The summed E-state index contributed by atoms with van der Waals surface area (Å²) in [6.07, 6.45) is -9.16. The largest absolute Gasteiger partial charge is 0.416 e. The van der Waals surface area contributed by atoms with Crippen molar-refractivity contribution >= 4 is 11.7 Å².